The largest absolute Gasteiger partial charge is 0.357 e. The van der Waals surface area contributed by atoms with Crippen LogP contribution in [0.5, 0.6) is 0 Å². The lowest BCUT2D eigenvalue weighted by atomic mass is 10.0. The Morgan fingerprint density at radius 2 is 1.90 bits per heavy atom. The quantitative estimate of drug-likeness (QED) is 0.727. The van der Waals surface area contributed by atoms with Crippen LogP contribution in [0.1, 0.15) is 12.5 Å². The van der Waals surface area contributed by atoms with Crippen LogP contribution in [0.25, 0.3) is 5.57 Å². The molecule has 0 saturated carbocycles. The maximum atomic E-state index is 6.08. The Morgan fingerprint density at radius 3 is 2.65 bits per heavy atom. The van der Waals surface area contributed by atoms with Crippen LogP contribution >= 0.6 is 11.6 Å². The summed E-state index contributed by atoms with van der Waals surface area (Å²) < 4.78 is 0. The van der Waals surface area contributed by atoms with Gasteiger partial charge in [0.1, 0.15) is 0 Å². The molecule has 0 aromatic heterocycles. The van der Waals surface area contributed by atoms with Crippen molar-refractivity contribution in [3.05, 3.63) is 71.1 Å². The molecule has 2 nitrogen and oxygen atoms in total. The Labute approximate surface area is 124 Å². The van der Waals surface area contributed by atoms with Crippen molar-refractivity contribution < 1.29 is 0 Å². The van der Waals surface area contributed by atoms with Gasteiger partial charge in [-0.1, -0.05) is 23.8 Å². The molecular formula is C17H15ClN2. The van der Waals surface area contributed by atoms with Crippen LogP contribution < -0.4 is 0 Å². The van der Waals surface area contributed by atoms with Crippen molar-refractivity contribution in [3.63, 3.8) is 0 Å². The number of benzene rings is 1. The van der Waals surface area contributed by atoms with Crippen LogP contribution in [-0.2, 0) is 0 Å². The van der Waals surface area contributed by atoms with Gasteiger partial charge in [0.15, 0.2) is 0 Å². The second-order valence-electron chi connectivity index (χ2n) is 4.90. The molecule has 0 spiro atoms. The zero-order valence-corrected chi connectivity index (χ0v) is 12.2. The Morgan fingerprint density at radius 1 is 1.15 bits per heavy atom. The second kappa shape index (κ2) is 5.14. The van der Waals surface area contributed by atoms with Crippen LogP contribution in [0.15, 0.2) is 65.5 Å². The molecule has 100 valence electrons. The van der Waals surface area contributed by atoms with Gasteiger partial charge in [-0.15, -0.1) is 0 Å². The monoisotopic (exact) mass is 282 g/mol. The van der Waals surface area contributed by atoms with E-state index in [9.17, 15) is 0 Å². The zero-order chi connectivity index (χ0) is 14.1. The highest BCUT2D eigenvalue weighted by Gasteiger charge is 2.17. The number of halogens is 1. The lowest BCUT2D eigenvalue weighted by molar-refractivity contribution is 0.620. The van der Waals surface area contributed by atoms with E-state index in [1.807, 2.05) is 49.5 Å². The van der Waals surface area contributed by atoms with E-state index in [0.717, 1.165) is 27.6 Å². The normalized spacial score (nSPS) is 18.6. The first-order valence-electron chi connectivity index (χ1n) is 6.49. The maximum Gasteiger partial charge on any atom is 0.0713 e. The molecule has 2 aliphatic rings. The van der Waals surface area contributed by atoms with Gasteiger partial charge in [0, 0.05) is 41.3 Å². The molecule has 2 aliphatic heterocycles. The van der Waals surface area contributed by atoms with Gasteiger partial charge in [0.25, 0.3) is 0 Å². The number of aliphatic imine (C=N–C) groups is 1. The third-order valence-electron chi connectivity index (χ3n) is 3.37. The van der Waals surface area contributed by atoms with E-state index >= 15 is 0 Å². The summed E-state index contributed by atoms with van der Waals surface area (Å²) >= 11 is 6.08. The first-order valence-corrected chi connectivity index (χ1v) is 6.87. The van der Waals surface area contributed by atoms with Gasteiger partial charge in [0.05, 0.1) is 5.69 Å². The van der Waals surface area contributed by atoms with E-state index in [1.165, 1.54) is 5.57 Å². The predicted octanol–water partition coefficient (Wildman–Crippen LogP) is 4.73. The van der Waals surface area contributed by atoms with E-state index in [-0.39, 0.29) is 0 Å². The Balaban J connectivity index is 1.96. The van der Waals surface area contributed by atoms with E-state index in [1.54, 1.807) is 0 Å². The SMILES string of the molecule is CC1=Nc2ccc(Cl)cc2C1=CC=C1C=CN(C)C=C1. The average molecular weight is 283 g/mol. The minimum absolute atomic E-state index is 0.742. The van der Waals surface area contributed by atoms with Crippen molar-refractivity contribution in [1.82, 2.24) is 4.90 Å². The van der Waals surface area contributed by atoms with Crippen molar-refractivity contribution in [3.8, 4) is 0 Å². The van der Waals surface area contributed by atoms with E-state index in [4.69, 9.17) is 11.6 Å². The highest BCUT2D eigenvalue weighted by molar-refractivity contribution is 6.33. The minimum atomic E-state index is 0.742. The minimum Gasteiger partial charge on any atom is -0.357 e. The third kappa shape index (κ3) is 2.47. The molecule has 0 radical (unpaired) electrons. The smallest absolute Gasteiger partial charge is 0.0713 e. The lowest BCUT2D eigenvalue weighted by Gasteiger charge is -2.11. The van der Waals surface area contributed by atoms with Crippen molar-refractivity contribution in [2.75, 3.05) is 7.05 Å². The van der Waals surface area contributed by atoms with Crippen LogP contribution in [0.4, 0.5) is 5.69 Å². The third-order valence-corrected chi connectivity index (χ3v) is 3.61. The number of allylic oxidation sites excluding steroid dienone is 6. The summed E-state index contributed by atoms with van der Waals surface area (Å²) in [7, 11) is 2.01. The summed E-state index contributed by atoms with van der Waals surface area (Å²) in [5.74, 6) is 0. The molecule has 0 aliphatic carbocycles. The van der Waals surface area contributed by atoms with Crippen LogP contribution in [-0.4, -0.2) is 17.7 Å². The van der Waals surface area contributed by atoms with Gasteiger partial charge in [-0.05, 0) is 42.8 Å². The van der Waals surface area contributed by atoms with Gasteiger partial charge in [-0.2, -0.15) is 0 Å². The Bertz CT molecular complexity index is 690. The van der Waals surface area contributed by atoms with Crippen molar-refractivity contribution in [1.29, 1.82) is 0 Å². The highest BCUT2D eigenvalue weighted by Crippen LogP contribution is 2.36. The molecule has 0 amide bonds. The van der Waals surface area contributed by atoms with Crippen molar-refractivity contribution in [2.24, 2.45) is 4.99 Å². The fourth-order valence-corrected chi connectivity index (χ4v) is 2.44. The van der Waals surface area contributed by atoms with Crippen LogP contribution in [0.3, 0.4) is 0 Å². The van der Waals surface area contributed by atoms with Gasteiger partial charge in [-0.25, -0.2) is 0 Å². The molecule has 2 heterocycles. The molecule has 0 atom stereocenters. The average Bonchev–Trinajstić information content (AvgIpc) is 2.73. The molecule has 0 saturated heterocycles. The first-order chi connectivity index (χ1) is 9.63. The summed E-state index contributed by atoms with van der Waals surface area (Å²) in [6.07, 6.45) is 12.4. The fourth-order valence-electron chi connectivity index (χ4n) is 2.27. The maximum absolute atomic E-state index is 6.08. The van der Waals surface area contributed by atoms with E-state index in [0.29, 0.717) is 0 Å². The molecule has 1 aromatic rings. The van der Waals surface area contributed by atoms with Gasteiger partial charge >= 0.3 is 0 Å². The highest BCUT2D eigenvalue weighted by atomic mass is 35.5. The second-order valence-corrected chi connectivity index (χ2v) is 5.34. The summed E-state index contributed by atoms with van der Waals surface area (Å²) in [4.78, 5) is 6.58. The van der Waals surface area contributed by atoms with Gasteiger partial charge in [0.2, 0.25) is 0 Å². The van der Waals surface area contributed by atoms with Crippen LogP contribution in [0, 0.1) is 0 Å². The zero-order valence-electron chi connectivity index (χ0n) is 11.5. The molecule has 20 heavy (non-hydrogen) atoms. The number of hydrogen-bond acceptors (Lipinski definition) is 2. The first kappa shape index (κ1) is 12.9. The summed E-state index contributed by atoms with van der Waals surface area (Å²) in [5, 5.41) is 0.742. The molecule has 1 aromatic carbocycles. The summed E-state index contributed by atoms with van der Waals surface area (Å²) in [6, 6.07) is 5.81. The molecular weight excluding hydrogens is 268 g/mol. The van der Waals surface area contributed by atoms with Gasteiger partial charge in [-0.3, -0.25) is 4.99 Å². The molecule has 3 rings (SSSR count). The Kier molecular flexibility index (Phi) is 3.33. The predicted molar refractivity (Wildman–Crippen MR) is 86.3 cm³/mol. The number of fused-ring (bicyclic) bond motifs is 1. The summed E-state index contributed by atoms with van der Waals surface area (Å²) in [5.41, 5.74) is 5.42. The topological polar surface area (TPSA) is 15.6 Å². The number of nitrogens with zero attached hydrogens (tertiary/aromatic N) is 2. The molecule has 0 bridgehead atoms. The molecule has 3 heteroatoms. The standard InChI is InChI=1S/C17H15ClN2/c1-12-15(5-3-13-7-9-20(2)10-8-13)16-11-14(18)4-6-17(16)19-12/h3-11H,1-2H3. The molecule has 0 N–H and O–H groups in total. The fraction of sp³-hybridized carbons (Fsp3) is 0.118. The van der Waals surface area contributed by atoms with Crippen molar-refractivity contribution >= 4 is 28.6 Å². The summed E-state index contributed by atoms with van der Waals surface area (Å²) in [6.45, 7) is 2.03. The van der Waals surface area contributed by atoms with Crippen molar-refractivity contribution in [2.45, 2.75) is 6.92 Å². The number of hydrogen-bond donors (Lipinski definition) is 0. The van der Waals surface area contributed by atoms with Crippen LogP contribution in [0.2, 0.25) is 5.02 Å². The van der Waals surface area contributed by atoms with E-state index < -0.39 is 0 Å². The Hall–Kier alpha value is -2.06. The molecule has 0 unspecified atom stereocenters. The van der Waals surface area contributed by atoms with Gasteiger partial charge < -0.3 is 4.90 Å². The molecule has 0 fully saturated rings. The van der Waals surface area contributed by atoms with E-state index in [2.05, 4.69) is 29.3 Å². The number of rotatable bonds is 1. The lowest BCUT2D eigenvalue weighted by Crippen LogP contribution is -2.02.